The molecule has 2 heterocycles. The number of hydrogen-bond donors (Lipinski definition) is 6. The Morgan fingerprint density at radius 3 is 2.40 bits per heavy atom. The fourth-order valence-electron chi connectivity index (χ4n) is 4.17. The zero-order valence-corrected chi connectivity index (χ0v) is 24.2. The first-order valence-electron chi connectivity index (χ1n) is 13.9. The normalized spacial score (nSPS) is 21.7. The highest BCUT2D eigenvalue weighted by Crippen LogP contribution is 2.22. The Morgan fingerprint density at radius 2 is 1.72 bits per heavy atom. The third-order valence-corrected chi connectivity index (χ3v) is 6.50. The van der Waals surface area contributed by atoms with Gasteiger partial charge in [0.25, 0.3) is 5.91 Å². The summed E-state index contributed by atoms with van der Waals surface area (Å²) in [6, 6.07) is 5.91. The molecule has 1 aromatic carbocycles. The lowest BCUT2D eigenvalue weighted by molar-refractivity contribution is -0.272. The molecule has 238 valence electrons. The average Bonchev–Trinajstić information content (AvgIpc) is 3.48. The van der Waals surface area contributed by atoms with E-state index in [1.54, 1.807) is 42.2 Å². The van der Waals surface area contributed by atoms with Gasteiger partial charge in [-0.05, 0) is 12.1 Å². The summed E-state index contributed by atoms with van der Waals surface area (Å²) in [5, 5.41) is 45.6. The maximum Gasteiger partial charge on any atom is 0.251 e. The minimum atomic E-state index is -1.38. The number of benzene rings is 1. The standard InChI is InChI=1S/C27H40N6O10/c1-17(35)30-23-25(38)24(37)21(16-34)43-27(23)42-14-13-41-12-11-40-10-9-33-15-20(31-32-33)18-3-5-19(6-4-18)26(39)29-8-7-22(36)28-2/h3-6,15,21,23-25,27,34,37-38H,7-14,16H2,1-2H3,(H,28,36)(H,29,39)(H,30,35)/t21-,23-,24-,25-,27?/m1/s1. The van der Waals surface area contributed by atoms with Crippen LogP contribution in [-0.4, -0.2) is 132 Å². The topological polar surface area (TPSA) is 216 Å². The number of aliphatic hydroxyl groups is 3. The average molecular weight is 609 g/mol. The number of nitrogens with one attached hydrogen (secondary N) is 3. The van der Waals surface area contributed by atoms with Gasteiger partial charge in [0.2, 0.25) is 11.8 Å². The van der Waals surface area contributed by atoms with Gasteiger partial charge >= 0.3 is 0 Å². The zero-order valence-electron chi connectivity index (χ0n) is 24.2. The lowest BCUT2D eigenvalue weighted by atomic mass is 9.97. The number of carbonyl (C=O) groups is 3. The highest BCUT2D eigenvalue weighted by Gasteiger charge is 2.45. The van der Waals surface area contributed by atoms with Gasteiger partial charge in [0, 0.05) is 38.1 Å². The van der Waals surface area contributed by atoms with Crippen LogP contribution in [0.5, 0.6) is 0 Å². The Bertz CT molecular complexity index is 1160. The fraction of sp³-hybridized carbons (Fsp3) is 0.593. The summed E-state index contributed by atoms with van der Waals surface area (Å²) < 4.78 is 23.8. The second kappa shape index (κ2) is 17.6. The van der Waals surface area contributed by atoms with Crippen LogP contribution in [-0.2, 0) is 35.1 Å². The van der Waals surface area contributed by atoms with Gasteiger partial charge in [-0.3, -0.25) is 14.4 Å². The summed E-state index contributed by atoms with van der Waals surface area (Å²) in [6.07, 6.45) is -2.89. The summed E-state index contributed by atoms with van der Waals surface area (Å²) in [7, 11) is 1.54. The van der Waals surface area contributed by atoms with Gasteiger partial charge in [-0.1, -0.05) is 17.3 Å². The van der Waals surface area contributed by atoms with E-state index < -0.39 is 43.2 Å². The Kier molecular flexibility index (Phi) is 13.9. The molecule has 1 saturated heterocycles. The molecule has 16 heteroatoms. The fourth-order valence-corrected chi connectivity index (χ4v) is 4.17. The van der Waals surface area contributed by atoms with Crippen LogP contribution in [0.2, 0.25) is 0 Å². The first kappa shape index (κ1) is 34.0. The number of aromatic nitrogens is 3. The van der Waals surface area contributed by atoms with Crippen LogP contribution < -0.4 is 16.0 Å². The van der Waals surface area contributed by atoms with E-state index in [4.69, 9.17) is 18.9 Å². The Morgan fingerprint density at radius 1 is 1.02 bits per heavy atom. The third kappa shape index (κ3) is 10.6. The summed E-state index contributed by atoms with van der Waals surface area (Å²) in [5.41, 5.74) is 1.91. The van der Waals surface area contributed by atoms with Crippen molar-refractivity contribution in [2.45, 2.75) is 50.5 Å². The van der Waals surface area contributed by atoms with Crippen LogP contribution in [0.25, 0.3) is 11.3 Å². The van der Waals surface area contributed by atoms with Gasteiger partial charge in [-0.25, -0.2) is 4.68 Å². The molecule has 0 spiro atoms. The van der Waals surface area contributed by atoms with E-state index in [2.05, 4.69) is 26.3 Å². The van der Waals surface area contributed by atoms with Crippen molar-refractivity contribution in [2.75, 3.05) is 53.2 Å². The molecule has 0 radical (unpaired) electrons. The van der Waals surface area contributed by atoms with Gasteiger partial charge in [0.15, 0.2) is 6.29 Å². The largest absolute Gasteiger partial charge is 0.394 e. The number of hydrogen-bond acceptors (Lipinski definition) is 12. The van der Waals surface area contributed by atoms with Gasteiger partial charge in [0.1, 0.15) is 30.0 Å². The minimum absolute atomic E-state index is 0.0762. The van der Waals surface area contributed by atoms with Crippen molar-refractivity contribution < 1.29 is 48.7 Å². The summed E-state index contributed by atoms with van der Waals surface area (Å²) >= 11 is 0. The number of amides is 3. The van der Waals surface area contributed by atoms with Crippen molar-refractivity contribution in [1.29, 1.82) is 0 Å². The first-order chi connectivity index (χ1) is 20.7. The zero-order chi connectivity index (χ0) is 31.2. The van der Waals surface area contributed by atoms with E-state index in [-0.39, 0.29) is 38.0 Å². The smallest absolute Gasteiger partial charge is 0.251 e. The van der Waals surface area contributed by atoms with E-state index in [1.807, 2.05) is 0 Å². The molecule has 1 unspecified atom stereocenters. The SMILES string of the molecule is CNC(=O)CCNC(=O)c1ccc(-c2cn(CCOCCOCCOC3O[C@H](CO)[C@@H](O)[C@H](O)[C@H]3NC(C)=O)nn2)cc1. The van der Waals surface area contributed by atoms with Crippen LogP contribution in [0.1, 0.15) is 23.7 Å². The molecule has 0 aliphatic carbocycles. The maximum absolute atomic E-state index is 12.2. The molecule has 6 N–H and O–H groups in total. The van der Waals surface area contributed by atoms with Crippen LogP contribution in [0.4, 0.5) is 0 Å². The van der Waals surface area contributed by atoms with Crippen molar-refractivity contribution in [3.8, 4) is 11.3 Å². The molecule has 0 saturated carbocycles. The van der Waals surface area contributed by atoms with Crippen molar-refractivity contribution in [1.82, 2.24) is 30.9 Å². The molecule has 2 aromatic rings. The molecule has 1 aliphatic rings. The molecular formula is C27H40N6O10. The molecule has 16 nitrogen and oxygen atoms in total. The number of rotatable bonds is 17. The third-order valence-electron chi connectivity index (χ3n) is 6.50. The minimum Gasteiger partial charge on any atom is -0.394 e. The van der Waals surface area contributed by atoms with Crippen molar-refractivity contribution in [3.63, 3.8) is 0 Å². The van der Waals surface area contributed by atoms with E-state index in [0.717, 1.165) is 5.56 Å². The van der Waals surface area contributed by atoms with Crippen LogP contribution in [0.3, 0.4) is 0 Å². The predicted molar refractivity (Wildman–Crippen MR) is 149 cm³/mol. The molecular weight excluding hydrogens is 568 g/mol. The van der Waals surface area contributed by atoms with E-state index >= 15 is 0 Å². The first-order valence-corrected chi connectivity index (χ1v) is 13.9. The number of nitrogens with zero attached hydrogens (tertiary/aromatic N) is 3. The van der Waals surface area contributed by atoms with Gasteiger partial charge in [-0.15, -0.1) is 5.10 Å². The molecule has 1 aromatic heterocycles. The molecule has 43 heavy (non-hydrogen) atoms. The lowest BCUT2D eigenvalue weighted by Gasteiger charge is -2.42. The monoisotopic (exact) mass is 608 g/mol. The number of aliphatic hydroxyl groups excluding tert-OH is 3. The second-order valence-corrected chi connectivity index (χ2v) is 9.65. The van der Waals surface area contributed by atoms with Crippen molar-refractivity contribution >= 4 is 17.7 Å². The van der Waals surface area contributed by atoms with Crippen molar-refractivity contribution in [2.24, 2.45) is 0 Å². The predicted octanol–water partition coefficient (Wildman–Crippen LogP) is -2.20. The van der Waals surface area contributed by atoms with Crippen molar-refractivity contribution in [3.05, 3.63) is 36.0 Å². The van der Waals surface area contributed by atoms with Gasteiger partial charge in [0.05, 0.1) is 52.4 Å². The summed E-state index contributed by atoms with van der Waals surface area (Å²) in [6.45, 7) is 2.69. The Hall–Kier alpha value is -3.51. The summed E-state index contributed by atoms with van der Waals surface area (Å²) in [4.78, 5) is 34.9. The second-order valence-electron chi connectivity index (χ2n) is 9.65. The number of ether oxygens (including phenoxy) is 4. The number of carbonyl (C=O) groups excluding carboxylic acids is 3. The Balaban J connectivity index is 1.30. The van der Waals surface area contributed by atoms with E-state index in [1.165, 1.54) is 6.92 Å². The molecule has 3 amide bonds. The molecule has 3 rings (SSSR count). The van der Waals surface area contributed by atoms with E-state index in [0.29, 0.717) is 37.6 Å². The Labute approximate surface area is 248 Å². The van der Waals surface area contributed by atoms with E-state index in [9.17, 15) is 29.7 Å². The highest BCUT2D eigenvalue weighted by molar-refractivity contribution is 5.94. The van der Waals surface area contributed by atoms with Gasteiger partial charge < -0.3 is 50.2 Å². The van der Waals surface area contributed by atoms with Gasteiger partial charge in [-0.2, -0.15) is 0 Å². The molecule has 1 fully saturated rings. The molecule has 5 atom stereocenters. The van der Waals surface area contributed by atoms with Crippen LogP contribution in [0, 0.1) is 0 Å². The molecule has 0 bridgehead atoms. The highest BCUT2D eigenvalue weighted by atomic mass is 16.7. The molecule has 1 aliphatic heterocycles. The maximum atomic E-state index is 12.2. The summed E-state index contributed by atoms with van der Waals surface area (Å²) in [5.74, 6) is -0.842. The van der Waals surface area contributed by atoms with Crippen LogP contribution >= 0.6 is 0 Å². The lowest BCUT2D eigenvalue weighted by Crippen LogP contribution is -2.64. The van der Waals surface area contributed by atoms with Crippen LogP contribution in [0.15, 0.2) is 30.5 Å². The quantitative estimate of drug-likeness (QED) is 0.106.